The second-order valence-corrected chi connectivity index (χ2v) is 6.07. The van der Waals surface area contributed by atoms with Crippen LogP contribution in [0.5, 0.6) is 0 Å². The van der Waals surface area contributed by atoms with E-state index in [2.05, 4.69) is 36.4 Å². The smallest absolute Gasteiger partial charge is 0.129 e. The fraction of sp³-hybridized carbons (Fsp3) is 0.143. The van der Waals surface area contributed by atoms with Crippen LogP contribution in [0.3, 0.4) is 0 Å². The number of halogens is 2. The quantitative estimate of drug-likeness (QED) is 0.716. The first kappa shape index (κ1) is 14.1. The molecule has 0 spiro atoms. The summed E-state index contributed by atoms with van der Waals surface area (Å²) < 4.78 is 28.5. The molecule has 0 N–H and O–H groups in total. The van der Waals surface area contributed by atoms with Gasteiger partial charge in [-0.1, -0.05) is 60.7 Å². The van der Waals surface area contributed by atoms with E-state index in [1.54, 1.807) is 0 Å². The normalized spacial score (nSPS) is 21.6. The molecule has 0 bridgehead atoms. The number of benzene rings is 2. The van der Waals surface area contributed by atoms with E-state index in [4.69, 9.17) is 0 Å². The van der Waals surface area contributed by atoms with Crippen LogP contribution in [0.1, 0.15) is 23.1 Å². The van der Waals surface area contributed by atoms with E-state index in [1.165, 1.54) is 18.2 Å². The van der Waals surface area contributed by atoms with Crippen molar-refractivity contribution in [2.75, 3.05) is 0 Å². The van der Waals surface area contributed by atoms with Gasteiger partial charge in [0.25, 0.3) is 0 Å². The van der Waals surface area contributed by atoms with Crippen molar-refractivity contribution in [3.63, 3.8) is 0 Å². The van der Waals surface area contributed by atoms with Gasteiger partial charge in [0.1, 0.15) is 11.6 Å². The van der Waals surface area contributed by atoms with Crippen LogP contribution in [0, 0.1) is 11.6 Å². The summed E-state index contributed by atoms with van der Waals surface area (Å²) in [6, 6.07) is 12.1. The number of fused-ring (bicyclic) bond motifs is 1. The minimum absolute atomic E-state index is 0.148. The lowest BCUT2D eigenvalue weighted by Crippen LogP contribution is -2.28. The molecule has 2 aliphatic rings. The Kier molecular flexibility index (Phi) is 3.26. The Labute approximate surface area is 134 Å². The van der Waals surface area contributed by atoms with E-state index in [0.29, 0.717) is 0 Å². The minimum Gasteiger partial charge on any atom is -0.207 e. The summed E-state index contributed by atoms with van der Waals surface area (Å²) in [5.74, 6) is -0.963. The van der Waals surface area contributed by atoms with E-state index >= 15 is 0 Å². The Morgan fingerprint density at radius 1 is 0.913 bits per heavy atom. The molecule has 0 radical (unpaired) electrons. The lowest BCUT2D eigenvalue weighted by Gasteiger charge is -2.31. The molecule has 0 fully saturated rings. The zero-order valence-corrected chi connectivity index (χ0v) is 12.6. The van der Waals surface area contributed by atoms with Crippen molar-refractivity contribution < 1.29 is 8.78 Å². The van der Waals surface area contributed by atoms with Crippen molar-refractivity contribution in [3.05, 3.63) is 101 Å². The third-order valence-electron chi connectivity index (χ3n) is 4.79. The SMILES string of the molecule is Fc1cccc(F)c1CC1(C2=CCC=C2)C=Cc2ccccc21. The molecule has 2 aromatic carbocycles. The highest BCUT2D eigenvalue weighted by atomic mass is 19.1. The van der Waals surface area contributed by atoms with Crippen molar-refractivity contribution in [2.45, 2.75) is 18.3 Å². The Morgan fingerprint density at radius 3 is 2.43 bits per heavy atom. The summed E-state index contributed by atoms with van der Waals surface area (Å²) in [5.41, 5.74) is 2.99. The molecule has 23 heavy (non-hydrogen) atoms. The van der Waals surface area contributed by atoms with Gasteiger partial charge in [0.2, 0.25) is 0 Å². The van der Waals surface area contributed by atoms with Gasteiger partial charge in [-0.05, 0) is 41.7 Å². The molecule has 1 unspecified atom stereocenters. The molecule has 0 nitrogen and oxygen atoms in total. The van der Waals surface area contributed by atoms with Crippen LogP contribution in [-0.2, 0) is 11.8 Å². The zero-order chi connectivity index (χ0) is 15.9. The standard InChI is InChI=1S/C21H16F2/c22-19-10-5-11-20(23)17(19)14-21(16-7-2-3-8-16)13-12-15-6-1-4-9-18(15)21/h1-2,4-13H,3,14H2. The van der Waals surface area contributed by atoms with Crippen molar-refractivity contribution in [3.8, 4) is 0 Å². The topological polar surface area (TPSA) is 0 Å². The van der Waals surface area contributed by atoms with Gasteiger partial charge < -0.3 is 0 Å². The molecule has 2 heteroatoms. The Hall–Kier alpha value is -2.48. The molecule has 1 atom stereocenters. The minimum atomic E-state index is -0.493. The average Bonchev–Trinajstić information content (AvgIpc) is 3.20. The summed E-state index contributed by atoms with van der Waals surface area (Å²) in [6.07, 6.45) is 11.6. The molecule has 2 aromatic rings. The van der Waals surface area contributed by atoms with Crippen LogP contribution in [0.2, 0.25) is 0 Å². The van der Waals surface area contributed by atoms with Crippen LogP contribution in [0.4, 0.5) is 8.78 Å². The van der Waals surface area contributed by atoms with Crippen LogP contribution in [0.15, 0.2) is 72.3 Å². The Bertz CT molecular complexity index is 838. The zero-order valence-electron chi connectivity index (χ0n) is 12.6. The summed E-state index contributed by atoms with van der Waals surface area (Å²) in [4.78, 5) is 0. The first-order chi connectivity index (χ1) is 11.2. The van der Waals surface area contributed by atoms with Crippen LogP contribution >= 0.6 is 0 Å². The van der Waals surface area contributed by atoms with Crippen molar-refractivity contribution in [1.82, 2.24) is 0 Å². The van der Waals surface area contributed by atoms with Gasteiger partial charge in [-0.3, -0.25) is 0 Å². The number of hydrogen-bond donors (Lipinski definition) is 0. The van der Waals surface area contributed by atoms with Gasteiger partial charge in [0, 0.05) is 11.0 Å². The summed E-state index contributed by atoms with van der Waals surface area (Å²) >= 11 is 0. The van der Waals surface area contributed by atoms with E-state index < -0.39 is 17.0 Å². The highest BCUT2D eigenvalue weighted by molar-refractivity contribution is 5.70. The van der Waals surface area contributed by atoms with Crippen molar-refractivity contribution >= 4 is 6.08 Å². The molecule has 0 aromatic heterocycles. The number of rotatable bonds is 3. The van der Waals surface area contributed by atoms with Gasteiger partial charge in [-0.15, -0.1) is 0 Å². The molecule has 0 saturated carbocycles. The van der Waals surface area contributed by atoms with Crippen LogP contribution < -0.4 is 0 Å². The van der Waals surface area contributed by atoms with Gasteiger partial charge in [-0.2, -0.15) is 0 Å². The first-order valence-electron chi connectivity index (χ1n) is 7.79. The van der Waals surface area contributed by atoms with Gasteiger partial charge in [0.05, 0.1) is 0 Å². The van der Waals surface area contributed by atoms with Crippen LogP contribution in [-0.4, -0.2) is 0 Å². The fourth-order valence-electron chi connectivity index (χ4n) is 3.65. The third kappa shape index (κ3) is 2.17. The molecular weight excluding hydrogens is 290 g/mol. The molecule has 0 amide bonds. The number of allylic oxidation sites excluding steroid dienone is 5. The van der Waals surface area contributed by atoms with Crippen molar-refractivity contribution in [2.24, 2.45) is 0 Å². The molecule has 2 aliphatic carbocycles. The Morgan fingerprint density at radius 2 is 1.70 bits per heavy atom. The van der Waals surface area contributed by atoms with Gasteiger partial charge >= 0.3 is 0 Å². The lowest BCUT2D eigenvalue weighted by atomic mass is 9.71. The molecule has 0 heterocycles. The molecule has 0 aliphatic heterocycles. The maximum atomic E-state index is 14.2. The summed E-state index contributed by atoms with van der Waals surface area (Å²) in [6.45, 7) is 0. The van der Waals surface area contributed by atoms with E-state index in [9.17, 15) is 8.78 Å². The largest absolute Gasteiger partial charge is 0.207 e. The molecule has 114 valence electrons. The maximum Gasteiger partial charge on any atom is 0.129 e. The predicted octanol–water partition coefficient (Wildman–Crippen LogP) is 5.36. The lowest BCUT2D eigenvalue weighted by molar-refractivity contribution is 0.525. The third-order valence-corrected chi connectivity index (χ3v) is 4.79. The predicted molar refractivity (Wildman–Crippen MR) is 89.1 cm³/mol. The Balaban J connectivity index is 1.89. The van der Waals surface area contributed by atoms with E-state index in [1.807, 2.05) is 18.2 Å². The summed E-state index contributed by atoms with van der Waals surface area (Å²) in [7, 11) is 0. The van der Waals surface area contributed by atoms with Crippen LogP contribution in [0.25, 0.3) is 6.08 Å². The highest BCUT2D eigenvalue weighted by Gasteiger charge is 2.39. The van der Waals surface area contributed by atoms with E-state index in [0.717, 1.165) is 23.1 Å². The summed E-state index contributed by atoms with van der Waals surface area (Å²) in [5, 5.41) is 0. The average molecular weight is 306 g/mol. The molecule has 0 saturated heterocycles. The number of hydrogen-bond acceptors (Lipinski definition) is 0. The van der Waals surface area contributed by atoms with E-state index in [-0.39, 0.29) is 12.0 Å². The highest BCUT2D eigenvalue weighted by Crippen LogP contribution is 2.46. The monoisotopic (exact) mass is 306 g/mol. The fourth-order valence-corrected chi connectivity index (χ4v) is 3.65. The second-order valence-electron chi connectivity index (χ2n) is 6.07. The second kappa shape index (κ2) is 5.31. The maximum absolute atomic E-state index is 14.2. The van der Waals surface area contributed by atoms with Crippen molar-refractivity contribution in [1.29, 1.82) is 0 Å². The van der Waals surface area contributed by atoms with Gasteiger partial charge in [0.15, 0.2) is 0 Å². The van der Waals surface area contributed by atoms with Gasteiger partial charge in [-0.25, -0.2) is 8.78 Å². The first-order valence-corrected chi connectivity index (χ1v) is 7.79. The molecule has 4 rings (SSSR count). The molecular formula is C21H16F2.